The Balaban J connectivity index is 1.12. The van der Waals surface area contributed by atoms with Gasteiger partial charge < -0.3 is 13.7 Å². The first-order valence-corrected chi connectivity index (χ1v) is 17.8. The van der Waals surface area contributed by atoms with E-state index in [2.05, 4.69) is 190 Å². The Labute approximate surface area is 295 Å². The van der Waals surface area contributed by atoms with E-state index < -0.39 is 0 Å². The van der Waals surface area contributed by atoms with Gasteiger partial charge in [-0.2, -0.15) is 0 Å². The van der Waals surface area contributed by atoms with Crippen molar-refractivity contribution in [1.82, 2.24) is 13.7 Å². The van der Waals surface area contributed by atoms with Gasteiger partial charge in [0.25, 0.3) is 0 Å². The van der Waals surface area contributed by atoms with Crippen molar-refractivity contribution in [3.63, 3.8) is 0 Å². The number of benzene rings is 7. The molecule has 1 aliphatic rings. The zero-order valence-corrected chi connectivity index (χ0v) is 28.0. The number of aryl methyl sites for hydroxylation is 1. The molecular weight excluding hydrogens is 619 g/mol. The van der Waals surface area contributed by atoms with Gasteiger partial charge in [-0.1, -0.05) is 103 Å². The molecule has 1 aliphatic carbocycles. The van der Waals surface area contributed by atoms with Gasteiger partial charge in [-0.05, 0) is 102 Å². The van der Waals surface area contributed by atoms with E-state index in [0.717, 1.165) is 12.8 Å². The van der Waals surface area contributed by atoms with Crippen LogP contribution in [-0.2, 0) is 6.42 Å². The van der Waals surface area contributed by atoms with Crippen LogP contribution in [0.3, 0.4) is 0 Å². The lowest BCUT2D eigenvalue weighted by atomic mass is 10.0. The first kappa shape index (κ1) is 28.3. The molecule has 0 fully saturated rings. The summed E-state index contributed by atoms with van der Waals surface area (Å²) in [5.74, 6) is 0. The second-order valence-electron chi connectivity index (χ2n) is 13.7. The quantitative estimate of drug-likeness (QED) is 0.180. The molecular formula is C48H33N3. The molecule has 0 saturated heterocycles. The van der Waals surface area contributed by atoms with Crippen LogP contribution in [0.25, 0.3) is 88.8 Å². The van der Waals surface area contributed by atoms with Crippen LogP contribution >= 0.6 is 0 Å². The first-order valence-electron chi connectivity index (χ1n) is 17.8. The van der Waals surface area contributed by atoms with Crippen molar-refractivity contribution in [2.24, 2.45) is 0 Å². The summed E-state index contributed by atoms with van der Waals surface area (Å²) in [4.78, 5) is 0. The highest BCUT2D eigenvalue weighted by Gasteiger charge is 2.22. The first-order chi connectivity index (χ1) is 25.3. The molecule has 3 nitrogen and oxygen atoms in total. The molecule has 10 aromatic rings. The smallest absolute Gasteiger partial charge is 0.0542 e. The molecule has 0 N–H and O–H groups in total. The second-order valence-corrected chi connectivity index (χ2v) is 13.7. The third-order valence-electron chi connectivity index (χ3n) is 10.9. The van der Waals surface area contributed by atoms with Crippen LogP contribution in [0.4, 0.5) is 0 Å². The highest BCUT2D eigenvalue weighted by molar-refractivity contribution is 6.11. The fourth-order valence-corrected chi connectivity index (χ4v) is 8.68. The van der Waals surface area contributed by atoms with E-state index >= 15 is 0 Å². The molecule has 3 heterocycles. The summed E-state index contributed by atoms with van der Waals surface area (Å²) in [5, 5.41) is 6.42. The Morgan fingerprint density at radius 1 is 0.353 bits per heavy atom. The summed E-state index contributed by atoms with van der Waals surface area (Å²) in [6, 6.07) is 60.0. The van der Waals surface area contributed by atoms with E-state index in [-0.39, 0.29) is 0 Å². The van der Waals surface area contributed by atoms with Crippen LogP contribution in [0.1, 0.15) is 17.7 Å². The fraction of sp³-hybridized carbons (Fsp3) is 0.0417. The van der Waals surface area contributed by atoms with Gasteiger partial charge in [-0.15, -0.1) is 0 Å². The minimum Gasteiger partial charge on any atom is -0.310 e. The molecule has 3 aromatic heterocycles. The standard InChI is InChI=1S/C48H33N3/c1-2-13-32(14-3-1)33-15-12-16-34(29-33)49-45-23-10-6-19-39(45)41-31-36(26-27-47(41)49)51-46-24-11-7-20-40(46)42-30-35(25-28-48(42)51)50-43-21-8-4-17-37(43)38-18-5-9-22-44(38)50/h1-6,8-19,21-31H,7,20H2. The maximum atomic E-state index is 2.48. The average Bonchev–Trinajstić information content (AvgIpc) is 3.83. The van der Waals surface area contributed by atoms with Gasteiger partial charge in [-0.3, -0.25) is 0 Å². The number of allylic oxidation sites excluding steroid dienone is 1. The predicted octanol–water partition coefficient (Wildman–Crippen LogP) is 12.5. The molecule has 240 valence electrons. The minimum atomic E-state index is 1.03. The molecule has 0 spiro atoms. The van der Waals surface area contributed by atoms with E-state index in [9.17, 15) is 0 Å². The SMILES string of the molecule is C1=Cc2c(c3cc(-n4c5ccccc5c5ccccc54)ccc3n2-c2ccc3c(c2)c2ccccc2n3-c2cccc(-c3ccccc3)c2)CC1. The van der Waals surface area contributed by atoms with Gasteiger partial charge >= 0.3 is 0 Å². The van der Waals surface area contributed by atoms with Crippen molar-refractivity contribution in [2.75, 3.05) is 0 Å². The summed E-state index contributed by atoms with van der Waals surface area (Å²) < 4.78 is 7.33. The van der Waals surface area contributed by atoms with Crippen molar-refractivity contribution in [1.29, 1.82) is 0 Å². The van der Waals surface area contributed by atoms with Gasteiger partial charge in [0.15, 0.2) is 0 Å². The number of fused-ring (bicyclic) bond motifs is 9. The molecule has 0 atom stereocenters. The van der Waals surface area contributed by atoms with Crippen LogP contribution in [0.2, 0.25) is 0 Å². The van der Waals surface area contributed by atoms with E-state index in [1.807, 2.05) is 0 Å². The van der Waals surface area contributed by atoms with E-state index in [1.165, 1.54) is 94.0 Å². The highest BCUT2D eigenvalue weighted by Crippen LogP contribution is 2.40. The normalized spacial score (nSPS) is 12.9. The summed E-state index contributed by atoms with van der Waals surface area (Å²) in [7, 11) is 0. The van der Waals surface area contributed by atoms with Gasteiger partial charge in [0.2, 0.25) is 0 Å². The number of para-hydroxylation sites is 3. The van der Waals surface area contributed by atoms with Crippen LogP contribution in [0.15, 0.2) is 170 Å². The van der Waals surface area contributed by atoms with Gasteiger partial charge in [0.1, 0.15) is 0 Å². The molecule has 11 rings (SSSR count). The van der Waals surface area contributed by atoms with Crippen LogP contribution in [-0.4, -0.2) is 13.7 Å². The topological polar surface area (TPSA) is 14.8 Å². The molecule has 0 bridgehead atoms. The average molecular weight is 652 g/mol. The Kier molecular flexibility index (Phi) is 6.08. The van der Waals surface area contributed by atoms with Crippen LogP contribution in [0.5, 0.6) is 0 Å². The largest absolute Gasteiger partial charge is 0.310 e. The summed E-state index contributed by atoms with van der Waals surface area (Å²) >= 11 is 0. The number of rotatable bonds is 4. The summed E-state index contributed by atoms with van der Waals surface area (Å²) in [6.45, 7) is 0. The number of hydrogen-bond donors (Lipinski definition) is 0. The molecule has 3 heteroatoms. The Morgan fingerprint density at radius 3 is 1.55 bits per heavy atom. The maximum Gasteiger partial charge on any atom is 0.0542 e. The molecule has 0 radical (unpaired) electrons. The zero-order valence-electron chi connectivity index (χ0n) is 28.0. The van der Waals surface area contributed by atoms with Crippen molar-refractivity contribution in [2.45, 2.75) is 12.8 Å². The lowest BCUT2D eigenvalue weighted by Crippen LogP contribution is -2.00. The zero-order chi connectivity index (χ0) is 33.5. The summed E-state index contributed by atoms with van der Waals surface area (Å²) in [5.41, 5.74) is 14.8. The van der Waals surface area contributed by atoms with Crippen LogP contribution < -0.4 is 0 Å². The number of aromatic nitrogens is 3. The maximum absolute atomic E-state index is 2.48. The number of hydrogen-bond acceptors (Lipinski definition) is 0. The fourth-order valence-electron chi connectivity index (χ4n) is 8.68. The second kappa shape index (κ2) is 11.0. The predicted molar refractivity (Wildman–Crippen MR) is 215 cm³/mol. The number of nitrogens with zero attached hydrogens (tertiary/aromatic N) is 3. The Hall–Kier alpha value is -6.58. The van der Waals surface area contributed by atoms with Crippen molar-refractivity contribution in [3.05, 3.63) is 181 Å². The summed E-state index contributed by atoms with van der Waals surface area (Å²) in [6.07, 6.45) is 6.75. The molecule has 0 amide bonds. The van der Waals surface area contributed by atoms with Crippen molar-refractivity contribution < 1.29 is 0 Å². The molecule has 7 aromatic carbocycles. The molecule has 51 heavy (non-hydrogen) atoms. The lowest BCUT2D eigenvalue weighted by Gasteiger charge is -2.13. The van der Waals surface area contributed by atoms with Gasteiger partial charge in [0.05, 0.1) is 27.6 Å². The Morgan fingerprint density at radius 2 is 0.863 bits per heavy atom. The van der Waals surface area contributed by atoms with Gasteiger partial charge in [-0.25, -0.2) is 0 Å². The van der Waals surface area contributed by atoms with Crippen molar-refractivity contribution >= 4 is 60.6 Å². The monoisotopic (exact) mass is 651 g/mol. The molecule has 0 unspecified atom stereocenters. The van der Waals surface area contributed by atoms with E-state index in [4.69, 9.17) is 0 Å². The molecule has 0 aliphatic heterocycles. The highest BCUT2D eigenvalue weighted by atomic mass is 15.0. The lowest BCUT2D eigenvalue weighted by molar-refractivity contribution is 0.968. The third-order valence-corrected chi connectivity index (χ3v) is 10.9. The third kappa shape index (κ3) is 4.18. The minimum absolute atomic E-state index is 1.03. The van der Waals surface area contributed by atoms with Gasteiger partial charge in [0, 0.05) is 49.7 Å². The van der Waals surface area contributed by atoms with Crippen molar-refractivity contribution in [3.8, 4) is 28.2 Å². The van der Waals surface area contributed by atoms with Crippen LogP contribution in [0, 0.1) is 0 Å². The Bertz CT molecular complexity index is 2970. The van der Waals surface area contributed by atoms with E-state index in [0.29, 0.717) is 0 Å². The molecule has 0 saturated carbocycles. The van der Waals surface area contributed by atoms with E-state index in [1.54, 1.807) is 0 Å².